The summed E-state index contributed by atoms with van der Waals surface area (Å²) in [5.74, 6) is -1.13. The average Bonchev–Trinajstić information content (AvgIpc) is 1.89. The Balaban J connectivity index is 3.79. The lowest BCUT2D eigenvalue weighted by atomic mass is 10.8. The maximum Gasteiger partial charge on any atom is 0.361 e. The summed E-state index contributed by atoms with van der Waals surface area (Å²) in [6, 6.07) is 0. The molecule has 0 aromatic carbocycles. The van der Waals surface area contributed by atoms with Crippen LogP contribution >= 0.6 is 0 Å². The molecule has 10 heavy (non-hydrogen) atoms. The molecule has 0 fully saturated rings. The third kappa shape index (κ3) is 3.06. The molecule has 0 bridgehead atoms. The zero-order valence-electron chi connectivity index (χ0n) is 6.13. The highest BCUT2D eigenvalue weighted by Crippen LogP contribution is 1.99. The second kappa shape index (κ2) is 4.78. The van der Waals surface area contributed by atoms with Crippen molar-refractivity contribution in [3.8, 4) is 0 Å². The van der Waals surface area contributed by atoms with Crippen LogP contribution in [0.2, 0.25) is 0 Å². The van der Waals surface area contributed by atoms with Crippen molar-refractivity contribution in [1.82, 2.24) is 0 Å². The van der Waals surface area contributed by atoms with Gasteiger partial charge in [0.05, 0.1) is 13.2 Å². The van der Waals surface area contributed by atoms with Gasteiger partial charge in [0.2, 0.25) is 0 Å². The van der Waals surface area contributed by atoms with Crippen molar-refractivity contribution in [3.05, 3.63) is 11.9 Å². The van der Waals surface area contributed by atoms with Gasteiger partial charge in [-0.15, -0.1) is 0 Å². The summed E-state index contributed by atoms with van der Waals surface area (Å²) < 4.78 is 9.03. The number of hydrogen-bond acceptors (Lipinski definition) is 4. The highest BCUT2D eigenvalue weighted by Gasteiger charge is 2.03. The van der Waals surface area contributed by atoms with Crippen molar-refractivity contribution in [2.45, 2.75) is 13.8 Å². The standard InChI is InChI=1S/C6H12O4/c1-3-9-5(7)6(8)10-4-2/h7-8H,3-4H2,1-2H3. The fourth-order valence-corrected chi connectivity index (χ4v) is 0.397. The molecule has 0 atom stereocenters. The van der Waals surface area contributed by atoms with Gasteiger partial charge in [0.25, 0.3) is 0 Å². The fraction of sp³-hybridized carbons (Fsp3) is 0.667. The molecule has 0 aliphatic rings. The quantitative estimate of drug-likeness (QED) is 0.590. The van der Waals surface area contributed by atoms with Crippen molar-refractivity contribution in [3.63, 3.8) is 0 Å². The third-order valence-electron chi connectivity index (χ3n) is 0.745. The number of aliphatic hydroxyl groups is 2. The van der Waals surface area contributed by atoms with Crippen LogP contribution in [0.3, 0.4) is 0 Å². The molecule has 0 rings (SSSR count). The largest absolute Gasteiger partial charge is 0.476 e. The van der Waals surface area contributed by atoms with Gasteiger partial charge in [-0.2, -0.15) is 0 Å². The van der Waals surface area contributed by atoms with Gasteiger partial charge in [-0.25, -0.2) is 0 Å². The average molecular weight is 148 g/mol. The molecule has 60 valence electrons. The van der Waals surface area contributed by atoms with E-state index in [0.29, 0.717) is 13.2 Å². The molecule has 0 aromatic heterocycles. The van der Waals surface area contributed by atoms with Crippen molar-refractivity contribution < 1.29 is 19.7 Å². The Labute approximate surface area is 59.7 Å². The van der Waals surface area contributed by atoms with Crippen LogP contribution in [0.5, 0.6) is 0 Å². The maximum atomic E-state index is 8.73. The Morgan fingerprint density at radius 3 is 1.50 bits per heavy atom. The van der Waals surface area contributed by atoms with Crippen molar-refractivity contribution in [2.24, 2.45) is 0 Å². The normalized spacial score (nSPS) is 12.2. The number of hydrogen-bond donors (Lipinski definition) is 2. The van der Waals surface area contributed by atoms with Crippen molar-refractivity contribution in [1.29, 1.82) is 0 Å². The Kier molecular flexibility index (Phi) is 4.28. The summed E-state index contributed by atoms with van der Waals surface area (Å²) in [4.78, 5) is 0. The SMILES string of the molecule is CCOC(O)=C(O)OCC. The fourth-order valence-electron chi connectivity index (χ4n) is 0.397. The minimum absolute atomic E-state index is 0.295. The topological polar surface area (TPSA) is 58.9 Å². The van der Waals surface area contributed by atoms with Gasteiger partial charge >= 0.3 is 11.9 Å². The third-order valence-corrected chi connectivity index (χ3v) is 0.745. The molecule has 0 heterocycles. The van der Waals surface area contributed by atoms with E-state index in [1.54, 1.807) is 13.8 Å². The lowest BCUT2D eigenvalue weighted by Gasteiger charge is -2.03. The number of aliphatic hydroxyl groups excluding tert-OH is 2. The van der Waals surface area contributed by atoms with Crippen LogP contribution < -0.4 is 0 Å². The Morgan fingerprint density at radius 2 is 1.30 bits per heavy atom. The molecular formula is C6H12O4. The van der Waals surface area contributed by atoms with Crippen molar-refractivity contribution >= 4 is 0 Å². The molecule has 0 amide bonds. The molecule has 0 unspecified atom stereocenters. The first kappa shape index (κ1) is 8.94. The molecule has 0 saturated heterocycles. The minimum atomic E-state index is -0.565. The van der Waals surface area contributed by atoms with Gasteiger partial charge in [0.1, 0.15) is 0 Å². The molecule has 2 N–H and O–H groups in total. The predicted molar refractivity (Wildman–Crippen MR) is 35.5 cm³/mol. The molecule has 0 aromatic rings. The molecule has 0 aliphatic carbocycles. The first-order valence-electron chi connectivity index (χ1n) is 3.10. The van der Waals surface area contributed by atoms with Gasteiger partial charge in [0.15, 0.2) is 0 Å². The van der Waals surface area contributed by atoms with E-state index in [1.165, 1.54) is 0 Å². The summed E-state index contributed by atoms with van der Waals surface area (Å²) in [6.07, 6.45) is 0. The van der Waals surface area contributed by atoms with Crippen LogP contribution in [-0.4, -0.2) is 23.4 Å². The second-order valence-corrected chi connectivity index (χ2v) is 1.48. The van der Waals surface area contributed by atoms with Gasteiger partial charge in [-0.05, 0) is 13.8 Å². The molecule has 0 saturated carbocycles. The molecule has 4 nitrogen and oxygen atoms in total. The van der Waals surface area contributed by atoms with Crippen LogP contribution in [-0.2, 0) is 9.47 Å². The first-order valence-corrected chi connectivity index (χ1v) is 3.10. The summed E-state index contributed by atoms with van der Waals surface area (Å²) in [7, 11) is 0. The Morgan fingerprint density at radius 1 is 1.00 bits per heavy atom. The molecule has 0 spiro atoms. The second-order valence-electron chi connectivity index (χ2n) is 1.48. The van der Waals surface area contributed by atoms with E-state index in [2.05, 4.69) is 9.47 Å². The van der Waals surface area contributed by atoms with E-state index in [-0.39, 0.29) is 0 Å². The summed E-state index contributed by atoms with van der Waals surface area (Å²) in [5, 5.41) is 17.5. The van der Waals surface area contributed by atoms with Gasteiger partial charge < -0.3 is 19.7 Å². The van der Waals surface area contributed by atoms with E-state index in [9.17, 15) is 0 Å². The van der Waals surface area contributed by atoms with Crippen LogP contribution in [0.15, 0.2) is 11.9 Å². The maximum absolute atomic E-state index is 8.73. The lowest BCUT2D eigenvalue weighted by molar-refractivity contribution is 0.0150. The zero-order valence-corrected chi connectivity index (χ0v) is 6.13. The number of ether oxygens (including phenoxy) is 2. The Hall–Kier alpha value is -1.06. The van der Waals surface area contributed by atoms with Crippen LogP contribution in [0.1, 0.15) is 13.8 Å². The number of rotatable bonds is 4. The van der Waals surface area contributed by atoms with E-state index in [1.807, 2.05) is 0 Å². The molecule has 4 heteroatoms. The zero-order chi connectivity index (χ0) is 7.98. The van der Waals surface area contributed by atoms with Gasteiger partial charge in [0, 0.05) is 0 Å². The first-order chi connectivity index (χ1) is 4.72. The van der Waals surface area contributed by atoms with Crippen LogP contribution in [0.4, 0.5) is 0 Å². The van der Waals surface area contributed by atoms with Crippen LogP contribution in [0, 0.1) is 0 Å². The molecular weight excluding hydrogens is 136 g/mol. The van der Waals surface area contributed by atoms with E-state index >= 15 is 0 Å². The molecule has 0 radical (unpaired) electrons. The smallest absolute Gasteiger partial charge is 0.361 e. The Bertz CT molecular complexity index is 105. The summed E-state index contributed by atoms with van der Waals surface area (Å²) >= 11 is 0. The summed E-state index contributed by atoms with van der Waals surface area (Å²) in [6.45, 7) is 3.97. The van der Waals surface area contributed by atoms with E-state index in [0.717, 1.165) is 0 Å². The highest BCUT2D eigenvalue weighted by molar-refractivity contribution is 4.80. The van der Waals surface area contributed by atoms with E-state index < -0.39 is 11.9 Å². The van der Waals surface area contributed by atoms with Crippen molar-refractivity contribution in [2.75, 3.05) is 13.2 Å². The van der Waals surface area contributed by atoms with Gasteiger partial charge in [-0.1, -0.05) is 0 Å². The summed E-state index contributed by atoms with van der Waals surface area (Å²) in [5.41, 5.74) is 0. The highest BCUT2D eigenvalue weighted by atomic mass is 16.6. The lowest BCUT2D eigenvalue weighted by Crippen LogP contribution is -1.99. The minimum Gasteiger partial charge on any atom is -0.476 e. The van der Waals surface area contributed by atoms with E-state index in [4.69, 9.17) is 10.2 Å². The predicted octanol–water partition coefficient (Wildman–Crippen LogP) is 1.30. The monoisotopic (exact) mass is 148 g/mol. The van der Waals surface area contributed by atoms with Crippen LogP contribution in [0.25, 0.3) is 0 Å². The molecule has 0 aliphatic heterocycles. The van der Waals surface area contributed by atoms with Gasteiger partial charge in [-0.3, -0.25) is 0 Å².